The number of ether oxygens (including phenoxy) is 2. The predicted octanol–water partition coefficient (Wildman–Crippen LogP) is 1.42. The number of hydrogen-bond donors (Lipinski definition) is 1. The second-order valence-electron chi connectivity index (χ2n) is 7.18. The molecule has 1 spiro atoms. The van der Waals surface area contributed by atoms with Crippen LogP contribution in [0, 0.1) is 5.92 Å². The van der Waals surface area contributed by atoms with E-state index in [1.807, 2.05) is 6.20 Å². The summed E-state index contributed by atoms with van der Waals surface area (Å²) in [5.74, 6) is 1.61. The average molecular weight is 318 g/mol. The molecule has 0 radical (unpaired) electrons. The maximum absolute atomic E-state index is 5.88. The Hall–Kier alpha value is -1.24. The van der Waals surface area contributed by atoms with E-state index in [0.29, 0.717) is 6.61 Å². The Labute approximate surface area is 137 Å². The van der Waals surface area contributed by atoms with Gasteiger partial charge < -0.3 is 14.8 Å². The van der Waals surface area contributed by atoms with Crippen LogP contribution in [0.4, 0.5) is 5.95 Å². The van der Waals surface area contributed by atoms with Gasteiger partial charge in [-0.1, -0.05) is 0 Å². The van der Waals surface area contributed by atoms with Crippen molar-refractivity contribution in [1.29, 1.82) is 0 Å². The van der Waals surface area contributed by atoms with Gasteiger partial charge in [0.2, 0.25) is 5.95 Å². The average Bonchev–Trinajstić information content (AvgIpc) is 3.33. The molecule has 6 nitrogen and oxygen atoms in total. The highest BCUT2D eigenvalue weighted by Gasteiger charge is 2.44. The van der Waals surface area contributed by atoms with Gasteiger partial charge in [0.15, 0.2) is 0 Å². The van der Waals surface area contributed by atoms with Crippen molar-refractivity contribution >= 4 is 5.95 Å². The Morgan fingerprint density at radius 1 is 1.48 bits per heavy atom. The van der Waals surface area contributed by atoms with Gasteiger partial charge in [0.05, 0.1) is 30.9 Å². The van der Waals surface area contributed by atoms with Gasteiger partial charge in [0.25, 0.3) is 0 Å². The Morgan fingerprint density at radius 2 is 2.39 bits per heavy atom. The van der Waals surface area contributed by atoms with Gasteiger partial charge in [-0.15, -0.1) is 0 Å². The molecular formula is C17H26N4O2. The van der Waals surface area contributed by atoms with E-state index in [-0.39, 0.29) is 5.41 Å². The quantitative estimate of drug-likeness (QED) is 0.856. The summed E-state index contributed by atoms with van der Waals surface area (Å²) in [5.41, 5.74) is 2.39. The zero-order chi connectivity index (χ0) is 15.7. The van der Waals surface area contributed by atoms with E-state index in [1.165, 1.54) is 18.5 Å². The molecule has 1 saturated carbocycles. The molecule has 2 aliphatic heterocycles. The van der Waals surface area contributed by atoms with Crippen LogP contribution in [0.3, 0.4) is 0 Å². The van der Waals surface area contributed by atoms with E-state index in [2.05, 4.69) is 15.2 Å². The summed E-state index contributed by atoms with van der Waals surface area (Å²) in [5, 5.41) is 3.41. The Kier molecular flexibility index (Phi) is 4.22. The maximum Gasteiger partial charge on any atom is 0.222 e. The normalized spacial score (nSPS) is 27.3. The van der Waals surface area contributed by atoms with Crippen molar-refractivity contribution in [2.24, 2.45) is 5.92 Å². The summed E-state index contributed by atoms with van der Waals surface area (Å²) < 4.78 is 11.1. The molecule has 3 aliphatic rings. The first-order valence-corrected chi connectivity index (χ1v) is 8.68. The molecule has 1 aromatic rings. The lowest BCUT2D eigenvalue weighted by molar-refractivity contribution is 0.0493. The minimum atomic E-state index is 0.0281. The Balaban J connectivity index is 1.52. The van der Waals surface area contributed by atoms with Crippen molar-refractivity contribution in [3.63, 3.8) is 0 Å². The lowest BCUT2D eigenvalue weighted by atomic mass is 9.80. The Morgan fingerprint density at radius 3 is 3.22 bits per heavy atom. The van der Waals surface area contributed by atoms with Crippen molar-refractivity contribution in [3.8, 4) is 0 Å². The molecule has 0 amide bonds. The van der Waals surface area contributed by atoms with Crippen LogP contribution in [0.1, 0.15) is 30.5 Å². The summed E-state index contributed by atoms with van der Waals surface area (Å²) in [6.45, 7) is 6.25. The molecule has 1 aromatic heterocycles. The smallest absolute Gasteiger partial charge is 0.222 e. The van der Waals surface area contributed by atoms with Crippen LogP contribution >= 0.6 is 0 Å². The molecule has 2 fully saturated rings. The summed E-state index contributed by atoms with van der Waals surface area (Å²) in [6, 6.07) is 0. The third kappa shape index (κ3) is 3.20. The zero-order valence-corrected chi connectivity index (χ0v) is 13.9. The molecule has 6 heteroatoms. The largest absolute Gasteiger partial charge is 0.383 e. The maximum atomic E-state index is 5.88. The molecule has 1 atom stereocenters. The van der Waals surface area contributed by atoms with Crippen molar-refractivity contribution in [1.82, 2.24) is 14.9 Å². The predicted molar refractivity (Wildman–Crippen MR) is 87.5 cm³/mol. The molecule has 23 heavy (non-hydrogen) atoms. The van der Waals surface area contributed by atoms with E-state index < -0.39 is 0 Å². The number of aromatic nitrogens is 2. The monoisotopic (exact) mass is 318 g/mol. The van der Waals surface area contributed by atoms with Gasteiger partial charge in [-0.3, -0.25) is 4.90 Å². The van der Waals surface area contributed by atoms with Gasteiger partial charge in [-0.25, -0.2) is 9.97 Å². The van der Waals surface area contributed by atoms with Gasteiger partial charge in [-0.05, 0) is 31.7 Å². The molecule has 1 aliphatic carbocycles. The number of nitrogens with zero attached hydrogens (tertiary/aromatic N) is 3. The molecule has 0 bridgehead atoms. The third-order valence-electron chi connectivity index (χ3n) is 5.29. The van der Waals surface area contributed by atoms with Gasteiger partial charge in [0.1, 0.15) is 0 Å². The van der Waals surface area contributed by atoms with Crippen LogP contribution in [0.2, 0.25) is 0 Å². The molecule has 4 rings (SSSR count). The number of anilines is 1. The summed E-state index contributed by atoms with van der Waals surface area (Å²) in [4.78, 5) is 11.8. The fourth-order valence-corrected chi connectivity index (χ4v) is 3.72. The van der Waals surface area contributed by atoms with Gasteiger partial charge in [-0.2, -0.15) is 0 Å². The van der Waals surface area contributed by atoms with Crippen LogP contribution in [0.25, 0.3) is 0 Å². The molecule has 0 aromatic carbocycles. The number of nitrogens with one attached hydrogen (secondary N) is 1. The summed E-state index contributed by atoms with van der Waals surface area (Å²) in [6.07, 6.45) is 5.73. The second kappa shape index (κ2) is 6.34. The van der Waals surface area contributed by atoms with Crippen molar-refractivity contribution in [2.75, 3.05) is 51.8 Å². The molecule has 1 unspecified atom stereocenters. The SMILES string of the molecule is COCCN1CCC2(COCc3cnc(NCC4CC4)nc32)C1. The highest BCUT2D eigenvalue weighted by atomic mass is 16.5. The summed E-state index contributed by atoms with van der Waals surface area (Å²) >= 11 is 0. The van der Waals surface area contributed by atoms with E-state index in [1.54, 1.807) is 7.11 Å². The number of rotatable bonds is 6. The molecule has 3 heterocycles. The van der Waals surface area contributed by atoms with Crippen LogP contribution in [-0.4, -0.2) is 61.4 Å². The van der Waals surface area contributed by atoms with Crippen molar-refractivity contribution in [3.05, 3.63) is 17.5 Å². The fraction of sp³-hybridized carbons (Fsp3) is 0.765. The van der Waals surface area contributed by atoms with E-state index in [0.717, 1.165) is 63.2 Å². The number of likely N-dealkylation sites (tertiary alicyclic amines) is 1. The van der Waals surface area contributed by atoms with E-state index in [9.17, 15) is 0 Å². The third-order valence-corrected chi connectivity index (χ3v) is 5.29. The lowest BCUT2D eigenvalue weighted by Crippen LogP contribution is -2.41. The Bertz CT molecular complexity index is 564. The van der Waals surface area contributed by atoms with Crippen molar-refractivity contribution < 1.29 is 9.47 Å². The van der Waals surface area contributed by atoms with Crippen LogP contribution in [0.5, 0.6) is 0 Å². The second-order valence-corrected chi connectivity index (χ2v) is 7.18. The highest BCUT2D eigenvalue weighted by Crippen LogP contribution is 2.39. The van der Waals surface area contributed by atoms with Gasteiger partial charge >= 0.3 is 0 Å². The first-order chi connectivity index (χ1) is 11.3. The summed E-state index contributed by atoms with van der Waals surface area (Å²) in [7, 11) is 1.76. The van der Waals surface area contributed by atoms with Crippen molar-refractivity contribution in [2.45, 2.75) is 31.3 Å². The minimum absolute atomic E-state index is 0.0281. The van der Waals surface area contributed by atoms with E-state index in [4.69, 9.17) is 14.5 Å². The highest BCUT2D eigenvalue weighted by molar-refractivity contribution is 5.36. The molecule has 1 saturated heterocycles. The topological polar surface area (TPSA) is 59.5 Å². The number of fused-ring (bicyclic) bond motifs is 2. The molecule has 1 N–H and O–H groups in total. The van der Waals surface area contributed by atoms with E-state index >= 15 is 0 Å². The van der Waals surface area contributed by atoms with Crippen LogP contribution in [-0.2, 0) is 21.5 Å². The molecular weight excluding hydrogens is 292 g/mol. The van der Waals surface area contributed by atoms with Crippen LogP contribution < -0.4 is 5.32 Å². The first-order valence-electron chi connectivity index (χ1n) is 8.68. The fourth-order valence-electron chi connectivity index (χ4n) is 3.72. The van der Waals surface area contributed by atoms with Gasteiger partial charge in [0, 0.05) is 38.5 Å². The number of hydrogen-bond acceptors (Lipinski definition) is 6. The number of methoxy groups -OCH3 is 1. The first kappa shape index (κ1) is 15.3. The standard InChI is InChI=1S/C17H26N4O2/c1-22-7-6-21-5-4-17(11-21)12-23-10-14-9-19-16(20-15(14)17)18-8-13-2-3-13/h9,13H,2-8,10-12H2,1H3,(H,18,19,20). The zero-order valence-electron chi connectivity index (χ0n) is 13.9. The van der Waals surface area contributed by atoms with Crippen LogP contribution in [0.15, 0.2) is 6.20 Å². The minimum Gasteiger partial charge on any atom is -0.383 e. The molecule has 126 valence electrons. The lowest BCUT2D eigenvalue weighted by Gasteiger charge is -2.34.